The van der Waals surface area contributed by atoms with Gasteiger partial charge in [0.25, 0.3) is 0 Å². The van der Waals surface area contributed by atoms with Crippen LogP contribution in [0.25, 0.3) is 0 Å². The second-order valence-corrected chi connectivity index (χ2v) is 3.82. The summed E-state index contributed by atoms with van der Waals surface area (Å²) in [5.74, 6) is 0.706. The maximum absolute atomic E-state index is 5.66. The number of aromatic nitrogens is 2. The van der Waals surface area contributed by atoms with E-state index < -0.39 is 0 Å². The molecule has 13 heavy (non-hydrogen) atoms. The van der Waals surface area contributed by atoms with Gasteiger partial charge in [-0.05, 0) is 38.4 Å². The molecule has 0 saturated carbocycles. The number of nitrogens with one attached hydrogen (secondary N) is 1. The molecule has 2 heterocycles. The minimum atomic E-state index is -0.335. The molecule has 2 rings (SSSR count). The number of hydrogen-bond donors (Lipinski definition) is 1. The van der Waals surface area contributed by atoms with E-state index in [9.17, 15) is 0 Å². The Morgan fingerprint density at radius 2 is 2.38 bits per heavy atom. The van der Waals surface area contributed by atoms with Gasteiger partial charge in [-0.15, -0.1) is 0 Å². The molecule has 0 spiro atoms. The summed E-state index contributed by atoms with van der Waals surface area (Å²) in [4.78, 5) is 4.31. The third-order valence-electron chi connectivity index (χ3n) is 2.41. The molecule has 5 heteroatoms. The summed E-state index contributed by atoms with van der Waals surface area (Å²) in [6.45, 7) is 2.79. The lowest BCUT2D eigenvalue weighted by molar-refractivity contribution is -0.0770. The highest BCUT2D eigenvalue weighted by molar-refractivity contribution is 7.71. The lowest BCUT2D eigenvalue weighted by Crippen LogP contribution is -2.31. The van der Waals surface area contributed by atoms with Crippen LogP contribution in [-0.4, -0.2) is 16.7 Å². The van der Waals surface area contributed by atoms with Crippen LogP contribution in [0.3, 0.4) is 0 Å². The normalized spacial score (nSPS) is 29.0. The average molecular weight is 200 g/mol. The molecule has 4 nitrogen and oxygen atoms in total. The van der Waals surface area contributed by atoms with Crippen LogP contribution in [0.4, 0.5) is 0 Å². The summed E-state index contributed by atoms with van der Waals surface area (Å²) in [5.41, 5.74) is -0.335. The number of nitrogens with zero attached hydrogens (tertiary/aromatic N) is 1. The maximum atomic E-state index is 5.66. The van der Waals surface area contributed by atoms with Crippen molar-refractivity contribution in [3.05, 3.63) is 10.7 Å². The zero-order valence-electron chi connectivity index (χ0n) is 7.50. The summed E-state index contributed by atoms with van der Waals surface area (Å²) >= 11 is 4.79. The second-order valence-electron chi connectivity index (χ2n) is 3.47. The first kappa shape index (κ1) is 8.90. The average Bonchev–Trinajstić information content (AvgIpc) is 2.54. The van der Waals surface area contributed by atoms with Crippen molar-refractivity contribution in [3.8, 4) is 0 Å². The molecule has 0 aliphatic carbocycles. The van der Waals surface area contributed by atoms with Gasteiger partial charge in [-0.3, -0.25) is 0 Å². The minimum Gasteiger partial charge on any atom is -0.367 e. The monoisotopic (exact) mass is 200 g/mol. The van der Waals surface area contributed by atoms with Crippen LogP contribution in [0, 0.1) is 4.84 Å². The van der Waals surface area contributed by atoms with E-state index >= 15 is 0 Å². The molecule has 0 amide bonds. The SMILES string of the molecule is CC1(c2nc(=S)o[nH]2)CCCCO1. The highest BCUT2D eigenvalue weighted by Crippen LogP contribution is 2.32. The Bertz CT molecular complexity index is 338. The zero-order chi connectivity index (χ0) is 9.31. The van der Waals surface area contributed by atoms with Crippen LogP contribution >= 0.6 is 12.2 Å². The number of aromatic amines is 1. The number of ether oxygens (including phenoxy) is 1. The molecule has 1 aliphatic rings. The molecular formula is C8H12N2O2S. The van der Waals surface area contributed by atoms with Crippen molar-refractivity contribution >= 4 is 12.2 Å². The summed E-state index contributed by atoms with van der Waals surface area (Å²) in [7, 11) is 0. The molecule has 0 bridgehead atoms. The van der Waals surface area contributed by atoms with Gasteiger partial charge in [0.2, 0.25) is 0 Å². The quantitative estimate of drug-likeness (QED) is 0.706. The molecule has 1 N–H and O–H groups in total. The van der Waals surface area contributed by atoms with E-state index in [2.05, 4.69) is 10.1 Å². The van der Waals surface area contributed by atoms with Gasteiger partial charge in [0.1, 0.15) is 5.60 Å². The Balaban J connectivity index is 2.27. The van der Waals surface area contributed by atoms with Gasteiger partial charge in [-0.2, -0.15) is 4.98 Å². The minimum absolute atomic E-state index is 0.241. The maximum Gasteiger partial charge on any atom is 0.314 e. The molecule has 1 atom stereocenters. The van der Waals surface area contributed by atoms with E-state index in [-0.39, 0.29) is 10.4 Å². The van der Waals surface area contributed by atoms with Crippen LogP contribution in [0.5, 0.6) is 0 Å². The summed E-state index contributed by atoms with van der Waals surface area (Å²) in [5, 5.41) is 2.70. The number of rotatable bonds is 1. The lowest BCUT2D eigenvalue weighted by Gasteiger charge is -2.31. The highest BCUT2D eigenvalue weighted by atomic mass is 32.1. The smallest absolute Gasteiger partial charge is 0.314 e. The Kier molecular flexibility index (Phi) is 2.21. The summed E-state index contributed by atoms with van der Waals surface area (Å²) in [6, 6.07) is 0. The number of hydrogen-bond acceptors (Lipinski definition) is 4. The summed E-state index contributed by atoms with van der Waals surface area (Å²) < 4.78 is 10.5. The fourth-order valence-corrected chi connectivity index (χ4v) is 1.71. The van der Waals surface area contributed by atoms with E-state index in [0.717, 1.165) is 25.9 Å². The fraction of sp³-hybridized carbons (Fsp3) is 0.750. The van der Waals surface area contributed by atoms with E-state index in [0.29, 0.717) is 5.82 Å². The van der Waals surface area contributed by atoms with Gasteiger partial charge in [-0.25, -0.2) is 5.16 Å². The molecule has 1 fully saturated rings. The first-order chi connectivity index (χ1) is 6.21. The largest absolute Gasteiger partial charge is 0.367 e. The predicted molar refractivity (Wildman–Crippen MR) is 48.8 cm³/mol. The zero-order valence-corrected chi connectivity index (χ0v) is 8.32. The van der Waals surface area contributed by atoms with Gasteiger partial charge in [-0.1, -0.05) is 0 Å². The molecule has 0 radical (unpaired) electrons. The van der Waals surface area contributed by atoms with Gasteiger partial charge < -0.3 is 9.26 Å². The van der Waals surface area contributed by atoms with Gasteiger partial charge in [0, 0.05) is 6.61 Å². The first-order valence-electron chi connectivity index (χ1n) is 4.41. The fourth-order valence-electron chi connectivity index (χ4n) is 1.58. The van der Waals surface area contributed by atoms with E-state index in [1.807, 2.05) is 6.92 Å². The first-order valence-corrected chi connectivity index (χ1v) is 4.81. The van der Waals surface area contributed by atoms with Crippen molar-refractivity contribution in [2.24, 2.45) is 0 Å². The van der Waals surface area contributed by atoms with Crippen LogP contribution in [-0.2, 0) is 10.3 Å². The van der Waals surface area contributed by atoms with Crippen molar-refractivity contribution in [1.29, 1.82) is 0 Å². The Labute approximate surface area is 81.3 Å². The van der Waals surface area contributed by atoms with Crippen LogP contribution in [0.2, 0.25) is 0 Å². The Morgan fingerprint density at radius 1 is 1.54 bits per heavy atom. The van der Waals surface area contributed by atoms with E-state index in [1.165, 1.54) is 0 Å². The van der Waals surface area contributed by atoms with Crippen LogP contribution < -0.4 is 0 Å². The van der Waals surface area contributed by atoms with Crippen molar-refractivity contribution in [2.75, 3.05) is 6.61 Å². The molecule has 1 aromatic heterocycles. The molecule has 1 aliphatic heterocycles. The van der Waals surface area contributed by atoms with Gasteiger partial charge >= 0.3 is 4.84 Å². The van der Waals surface area contributed by atoms with E-state index in [1.54, 1.807) is 0 Å². The molecule has 1 aromatic rings. The lowest BCUT2D eigenvalue weighted by atomic mass is 9.95. The topological polar surface area (TPSA) is 51.0 Å². The van der Waals surface area contributed by atoms with Gasteiger partial charge in [0.05, 0.1) is 0 Å². The van der Waals surface area contributed by atoms with Crippen LogP contribution in [0.15, 0.2) is 4.52 Å². The molecule has 1 unspecified atom stereocenters. The van der Waals surface area contributed by atoms with Crippen molar-refractivity contribution in [1.82, 2.24) is 10.1 Å². The predicted octanol–water partition coefficient (Wildman–Crippen LogP) is 2.15. The summed E-state index contributed by atoms with van der Waals surface area (Å²) in [6.07, 6.45) is 3.24. The van der Waals surface area contributed by atoms with Crippen LogP contribution in [0.1, 0.15) is 32.0 Å². The third kappa shape index (κ3) is 1.66. The highest BCUT2D eigenvalue weighted by Gasteiger charge is 2.33. The van der Waals surface area contributed by atoms with E-state index in [4.69, 9.17) is 21.5 Å². The number of H-pyrrole nitrogens is 1. The third-order valence-corrected chi connectivity index (χ3v) is 2.58. The molecular weight excluding hydrogens is 188 g/mol. The Hall–Kier alpha value is -0.680. The second kappa shape index (κ2) is 3.23. The molecule has 1 saturated heterocycles. The standard InChI is InChI=1S/C8H12N2O2S/c1-8(4-2-3-5-11-8)6-9-7(13)12-10-6/h2-5H2,1H3,(H,9,10,13). The van der Waals surface area contributed by atoms with Gasteiger partial charge in [0.15, 0.2) is 5.82 Å². The molecule has 0 aromatic carbocycles. The van der Waals surface area contributed by atoms with Crippen molar-refractivity contribution < 1.29 is 9.26 Å². The molecule has 72 valence electrons. The van der Waals surface area contributed by atoms with Crippen molar-refractivity contribution in [2.45, 2.75) is 31.8 Å². The Morgan fingerprint density at radius 3 is 2.92 bits per heavy atom. The van der Waals surface area contributed by atoms with Crippen molar-refractivity contribution in [3.63, 3.8) is 0 Å².